The maximum absolute atomic E-state index is 13.0. The number of hydrogen-bond acceptors (Lipinski definition) is 2. The van der Waals surface area contributed by atoms with Crippen molar-refractivity contribution in [3.8, 4) is 0 Å². The Morgan fingerprint density at radius 2 is 2.10 bits per heavy atom. The molecule has 1 aromatic rings. The van der Waals surface area contributed by atoms with Gasteiger partial charge in [0.1, 0.15) is 5.82 Å². The molecular formula is C14H17FN2O3. The Morgan fingerprint density at radius 1 is 1.40 bits per heavy atom. The molecule has 2 rings (SSSR count). The van der Waals surface area contributed by atoms with Gasteiger partial charge in [0.05, 0.1) is 5.92 Å². The smallest absolute Gasteiger partial charge is 0.321 e. The van der Waals surface area contributed by atoms with Crippen LogP contribution in [0.2, 0.25) is 0 Å². The van der Waals surface area contributed by atoms with Gasteiger partial charge in [-0.3, -0.25) is 4.79 Å². The summed E-state index contributed by atoms with van der Waals surface area (Å²) in [5.41, 5.74) is 1.16. The van der Waals surface area contributed by atoms with Gasteiger partial charge >= 0.3 is 12.0 Å². The van der Waals surface area contributed by atoms with Crippen LogP contribution in [-0.2, 0) is 4.79 Å². The third kappa shape index (κ3) is 2.89. The average molecular weight is 280 g/mol. The van der Waals surface area contributed by atoms with Crippen molar-refractivity contribution in [3.05, 3.63) is 29.6 Å². The van der Waals surface area contributed by atoms with Gasteiger partial charge in [0, 0.05) is 18.8 Å². The highest BCUT2D eigenvalue weighted by molar-refractivity contribution is 5.90. The second kappa shape index (κ2) is 5.48. The fourth-order valence-corrected chi connectivity index (χ4v) is 2.42. The van der Waals surface area contributed by atoms with Crippen LogP contribution >= 0.6 is 0 Å². The summed E-state index contributed by atoms with van der Waals surface area (Å²) in [5.74, 6) is -1.85. The third-order valence-corrected chi connectivity index (χ3v) is 3.65. The Morgan fingerprint density at radius 3 is 2.65 bits per heavy atom. The van der Waals surface area contributed by atoms with Crippen LogP contribution in [0.1, 0.15) is 12.5 Å². The van der Waals surface area contributed by atoms with E-state index in [1.54, 1.807) is 6.92 Å². The number of urea groups is 1. The van der Waals surface area contributed by atoms with E-state index in [9.17, 15) is 14.0 Å². The summed E-state index contributed by atoms with van der Waals surface area (Å²) in [6.45, 7) is 4.12. The van der Waals surface area contributed by atoms with Gasteiger partial charge in [0.15, 0.2) is 0 Å². The summed E-state index contributed by atoms with van der Waals surface area (Å²) < 4.78 is 13.0. The molecule has 1 aromatic carbocycles. The lowest BCUT2D eigenvalue weighted by Gasteiger charge is -2.17. The lowest BCUT2D eigenvalue weighted by Crippen LogP contribution is -2.34. The van der Waals surface area contributed by atoms with Crippen molar-refractivity contribution < 1.29 is 19.1 Å². The number of likely N-dealkylation sites (tertiary alicyclic amines) is 1. The molecule has 2 atom stereocenters. The van der Waals surface area contributed by atoms with Gasteiger partial charge in [-0.1, -0.05) is 6.92 Å². The number of nitrogens with zero attached hydrogens (tertiary/aromatic N) is 1. The van der Waals surface area contributed by atoms with E-state index in [0.717, 1.165) is 0 Å². The zero-order valence-electron chi connectivity index (χ0n) is 11.4. The predicted molar refractivity (Wildman–Crippen MR) is 72.0 cm³/mol. The molecular weight excluding hydrogens is 263 g/mol. The molecule has 5 nitrogen and oxygen atoms in total. The number of amides is 2. The van der Waals surface area contributed by atoms with Gasteiger partial charge in [0.25, 0.3) is 0 Å². The van der Waals surface area contributed by atoms with E-state index < -0.39 is 11.9 Å². The number of benzene rings is 1. The number of aliphatic carboxylic acids is 1. The van der Waals surface area contributed by atoms with E-state index >= 15 is 0 Å². The lowest BCUT2D eigenvalue weighted by molar-refractivity contribution is -0.142. The molecule has 0 aliphatic carbocycles. The normalized spacial score (nSPS) is 21.9. The number of anilines is 1. The van der Waals surface area contributed by atoms with E-state index in [1.807, 2.05) is 6.92 Å². The molecule has 0 saturated carbocycles. The molecule has 6 heteroatoms. The number of carbonyl (C=O) groups excluding carboxylic acids is 1. The summed E-state index contributed by atoms with van der Waals surface area (Å²) in [4.78, 5) is 24.6. The second-order valence-corrected chi connectivity index (χ2v) is 5.22. The Labute approximate surface area is 116 Å². The average Bonchev–Trinajstić information content (AvgIpc) is 2.75. The standard InChI is InChI=1S/C14H17FN2O3/c1-8-5-10(15)3-4-12(8)16-14(20)17-6-9(2)11(7-17)13(18)19/h3-5,9,11H,6-7H2,1-2H3,(H,16,20)(H,18,19)/t9-,11-/m1/s1. The van der Waals surface area contributed by atoms with Crippen LogP contribution < -0.4 is 5.32 Å². The number of carbonyl (C=O) groups is 2. The van der Waals surface area contributed by atoms with Crippen LogP contribution in [0.3, 0.4) is 0 Å². The number of hydrogen-bond donors (Lipinski definition) is 2. The molecule has 1 fully saturated rings. The van der Waals surface area contributed by atoms with Crippen molar-refractivity contribution >= 4 is 17.7 Å². The first-order valence-electron chi connectivity index (χ1n) is 6.43. The van der Waals surface area contributed by atoms with Crippen LogP contribution in [-0.4, -0.2) is 35.1 Å². The fourth-order valence-electron chi connectivity index (χ4n) is 2.42. The highest BCUT2D eigenvalue weighted by atomic mass is 19.1. The SMILES string of the molecule is Cc1cc(F)ccc1NC(=O)N1C[C@@H](C)[C@H](C(=O)O)C1. The first-order valence-corrected chi connectivity index (χ1v) is 6.43. The number of carboxylic acid groups (broad SMARTS) is 1. The van der Waals surface area contributed by atoms with Crippen LogP contribution in [0.4, 0.5) is 14.9 Å². The summed E-state index contributed by atoms with van der Waals surface area (Å²) in [5, 5.41) is 11.7. The molecule has 20 heavy (non-hydrogen) atoms. The van der Waals surface area contributed by atoms with Gasteiger partial charge < -0.3 is 15.3 Å². The Kier molecular flexibility index (Phi) is 3.92. The molecule has 1 heterocycles. The number of rotatable bonds is 2. The lowest BCUT2D eigenvalue weighted by atomic mass is 9.99. The van der Waals surface area contributed by atoms with Crippen LogP contribution in [0.25, 0.3) is 0 Å². The quantitative estimate of drug-likeness (QED) is 0.873. The fraction of sp³-hybridized carbons (Fsp3) is 0.429. The Hall–Kier alpha value is -2.11. The monoisotopic (exact) mass is 280 g/mol. The van der Waals surface area contributed by atoms with E-state index in [0.29, 0.717) is 17.8 Å². The molecule has 0 spiro atoms. The molecule has 1 aliphatic heterocycles. The van der Waals surface area contributed by atoms with Gasteiger partial charge in [-0.15, -0.1) is 0 Å². The van der Waals surface area contributed by atoms with Crippen molar-refractivity contribution in [1.82, 2.24) is 4.90 Å². The van der Waals surface area contributed by atoms with Crippen molar-refractivity contribution in [1.29, 1.82) is 0 Å². The van der Waals surface area contributed by atoms with Crippen LogP contribution in [0.15, 0.2) is 18.2 Å². The molecule has 0 aromatic heterocycles. The molecule has 108 valence electrons. The van der Waals surface area contributed by atoms with Crippen molar-refractivity contribution in [3.63, 3.8) is 0 Å². The van der Waals surface area contributed by atoms with Crippen LogP contribution in [0, 0.1) is 24.6 Å². The van der Waals surface area contributed by atoms with Crippen molar-refractivity contribution in [2.45, 2.75) is 13.8 Å². The van der Waals surface area contributed by atoms with Crippen LogP contribution in [0.5, 0.6) is 0 Å². The Balaban J connectivity index is 2.04. The molecule has 0 unspecified atom stereocenters. The Bertz CT molecular complexity index is 547. The maximum atomic E-state index is 13.0. The van der Waals surface area contributed by atoms with E-state index in [-0.39, 0.29) is 24.3 Å². The first-order chi connectivity index (χ1) is 9.38. The van der Waals surface area contributed by atoms with Gasteiger partial charge in [-0.2, -0.15) is 0 Å². The van der Waals surface area contributed by atoms with E-state index in [4.69, 9.17) is 5.11 Å². The highest BCUT2D eigenvalue weighted by Crippen LogP contribution is 2.24. The summed E-state index contributed by atoms with van der Waals surface area (Å²) in [6.07, 6.45) is 0. The minimum Gasteiger partial charge on any atom is -0.481 e. The number of halogens is 1. The molecule has 1 aliphatic rings. The summed E-state index contributed by atoms with van der Waals surface area (Å²) >= 11 is 0. The van der Waals surface area contributed by atoms with E-state index in [1.165, 1.54) is 23.1 Å². The van der Waals surface area contributed by atoms with Gasteiger partial charge in [-0.05, 0) is 36.6 Å². The minimum atomic E-state index is -0.884. The van der Waals surface area contributed by atoms with Gasteiger partial charge in [-0.25, -0.2) is 9.18 Å². The number of nitrogens with one attached hydrogen (secondary N) is 1. The molecule has 2 amide bonds. The zero-order chi connectivity index (χ0) is 14.9. The number of carboxylic acids is 1. The second-order valence-electron chi connectivity index (χ2n) is 5.22. The van der Waals surface area contributed by atoms with Crippen molar-refractivity contribution in [2.75, 3.05) is 18.4 Å². The highest BCUT2D eigenvalue weighted by Gasteiger charge is 2.37. The van der Waals surface area contributed by atoms with Crippen molar-refractivity contribution in [2.24, 2.45) is 11.8 Å². The zero-order valence-corrected chi connectivity index (χ0v) is 11.4. The first kappa shape index (κ1) is 14.3. The third-order valence-electron chi connectivity index (χ3n) is 3.65. The largest absolute Gasteiger partial charge is 0.481 e. The number of aryl methyl sites for hydroxylation is 1. The molecule has 1 saturated heterocycles. The predicted octanol–water partition coefficient (Wildman–Crippen LogP) is 2.32. The summed E-state index contributed by atoms with van der Waals surface area (Å²) in [7, 11) is 0. The summed E-state index contributed by atoms with van der Waals surface area (Å²) in [6, 6.07) is 3.75. The van der Waals surface area contributed by atoms with Gasteiger partial charge in [0.2, 0.25) is 0 Å². The van der Waals surface area contributed by atoms with E-state index in [2.05, 4.69) is 5.32 Å². The molecule has 0 bridgehead atoms. The molecule has 2 N–H and O–H groups in total. The topological polar surface area (TPSA) is 69.6 Å². The minimum absolute atomic E-state index is 0.0763. The maximum Gasteiger partial charge on any atom is 0.321 e. The molecule has 0 radical (unpaired) electrons.